The van der Waals surface area contributed by atoms with E-state index in [0.717, 1.165) is 5.33 Å². The number of alkyl halides is 1. The lowest BCUT2D eigenvalue weighted by Crippen LogP contribution is -1.85. The normalized spacial score (nSPS) is 9.90. The summed E-state index contributed by atoms with van der Waals surface area (Å²) in [6, 6.07) is 1.87. The van der Waals surface area contributed by atoms with E-state index in [0.29, 0.717) is 5.15 Å². The molecule has 0 spiro atoms. The molecule has 1 aromatic rings. The zero-order valence-electron chi connectivity index (χ0n) is 5.56. The van der Waals surface area contributed by atoms with Crippen molar-refractivity contribution in [2.24, 2.45) is 0 Å². The molecule has 54 valence electrons. The first kappa shape index (κ1) is 8.02. The fraction of sp³-hybridized carbons (Fsp3) is 0.286. The van der Waals surface area contributed by atoms with E-state index in [1.807, 2.05) is 13.0 Å². The summed E-state index contributed by atoms with van der Waals surface area (Å²) in [5.74, 6) is 0. The van der Waals surface area contributed by atoms with Gasteiger partial charge in [0.05, 0.1) is 0 Å². The number of hydrogen-bond acceptors (Lipinski definition) is 1. The molecular formula is C7H7BrClN. The fourth-order valence-corrected chi connectivity index (χ4v) is 1.46. The molecule has 0 saturated carbocycles. The molecule has 0 unspecified atom stereocenters. The largest absolute Gasteiger partial charge is 0.244 e. The Balaban J connectivity index is 3.09. The Morgan fingerprint density at radius 1 is 1.70 bits per heavy atom. The van der Waals surface area contributed by atoms with Crippen molar-refractivity contribution in [3.63, 3.8) is 0 Å². The number of hydrogen-bond donors (Lipinski definition) is 0. The lowest BCUT2D eigenvalue weighted by Gasteiger charge is -1.99. The van der Waals surface area contributed by atoms with Crippen LogP contribution in [0.4, 0.5) is 0 Å². The molecule has 0 radical (unpaired) electrons. The number of halogens is 2. The number of aromatic nitrogens is 1. The summed E-state index contributed by atoms with van der Waals surface area (Å²) in [7, 11) is 0. The van der Waals surface area contributed by atoms with E-state index in [1.54, 1.807) is 6.20 Å². The Morgan fingerprint density at radius 3 is 2.90 bits per heavy atom. The minimum atomic E-state index is 0.556. The molecule has 1 heterocycles. The highest BCUT2D eigenvalue weighted by atomic mass is 79.9. The number of nitrogens with zero attached hydrogens (tertiary/aromatic N) is 1. The third kappa shape index (κ3) is 1.70. The van der Waals surface area contributed by atoms with Gasteiger partial charge in [-0.15, -0.1) is 0 Å². The predicted molar refractivity (Wildman–Crippen MR) is 46.6 cm³/mol. The van der Waals surface area contributed by atoms with Crippen LogP contribution in [0.15, 0.2) is 12.3 Å². The Bertz CT molecular complexity index is 237. The van der Waals surface area contributed by atoms with E-state index in [1.165, 1.54) is 11.1 Å². The van der Waals surface area contributed by atoms with E-state index in [9.17, 15) is 0 Å². The molecule has 0 aromatic carbocycles. The van der Waals surface area contributed by atoms with Gasteiger partial charge in [-0.05, 0) is 24.1 Å². The van der Waals surface area contributed by atoms with Crippen LogP contribution >= 0.6 is 27.5 Å². The maximum atomic E-state index is 5.66. The molecule has 0 amide bonds. The van der Waals surface area contributed by atoms with Gasteiger partial charge in [-0.2, -0.15) is 0 Å². The minimum Gasteiger partial charge on any atom is -0.244 e. The number of pyridine rings is 1. The Kier molecular flexibility index (Phi) is 2.69. The molecule has 0 aliphatic rings. The lowest BCUT2D eigenvalue weighted by atomic mass is 10.2. The smallest absolute Gasteiger partial charge is 0.129 e. The summed E-state index contributed by atoms with van der Waals surface area (Å²) < 4.78 is 0. The molecule has 0 bridgehead atoms. The summed E-state index contributed by atoms with van der Waals surface area (Å²) in [6.45, 7) is 2.01. The summed E-state index contributed by atoms with van der Waals surface area (Å²) in [5, 5.41) is 1.39. The van der Waals surface area contributed by atoms with E-state index in [-0.39, 0.29) is 0 Å². The van der Waals surface area contributed by atoms with E-state index in [2.05, 4.69) is 20.9 Å². The van der Waals surface area contributed by atoms with Crippen molar-refractivity contribution in [1.82, 2.24) is 4.98 Å². The highest BCUT2D eigenvalue weighted by Crippen LogP contribution is 2.14. The standard InChI is InChI=1S/C7H7BrClN/c1-5-4-10-7(9)2-6(5)3-8/h2,4H,3H2,1H3. The van der Waals surface area contributed by atoms with Crippen LogP contribution < -0.4 is 0 Å². The maximum Gasteiger partial charge on any atom is 0.129 e. The summed E-state index contributed by atoms with van der Waals surface area (Å²) in [4.78, 5) is 3.93. The third-order valence-electron chi connectivity index (χ3n) is 1.33. The van der Waals surface area contributed by atoms with Crippen LogP contribution in [0.2, 0.25) is 5.15 Å². The van der Waals surface area contributed by atoms with Gasteiger partial charge in [0.15, 0.2) is 0 Å². The number of aryl methyl sites for hydroxylation is 1. The minimum absolute atomic E-state index is 0.556. The van der Waals surface area contributed by atoms with Crippen LogP contribution in [0.1, 0.15) is 11.1 Å². The highest BCUT2D eigenvalue weighted by molar-refractivity contribution is 9.08. The number of rotatable bonds is 1. The molecule has 1 rings (SSSR count). The van der Waals surface area contributed by atoms with Crippen molar-refractivity contribution in [3.05, 3.63) is 28.5 Å². The van der Waals surface area contributed by atoms with E-state index >= 15 is 0 Å². The highest BCUT2D eigenvalue weighted by Gasteiger charge is 1.96. The van der Waals surface area contributed by atoms with Gasteiger partial charge in [0.2, 0.25) is 0 Å². The zero-order chi connectivity index (χ0) is 7.56. The van der Waals surface area contributed by atoms with Gasteiger partial charge >= 0.3 is 0 Å². The SMILES string of the molecule is Cc1cnc(Cl)cc1CBr. The molecule has 0 N–H and O–H groups in total. The van der Waals surface area contributed by atoms with Crippen LogP contribution in [0.25, 0.3) is 0 Å². The van der Waals surface area contributed by atoms with Crippen LogP contribution in [-0.2, 0) is 5.33 Å². The van der Waals surface area contributed by atoms with Crippen LogP contribution in [0.5, 0.6) is 0 Å². The molecule has 10 heavy (non-hydrogen) atoms. The van der Waals surface area contributed by atoms with Crippen molar-refractivity contribution in [2.45, 2.75) is 12.3 Å². The fourth-order valence-electron chi connectivity index (χ4n) is 0.680. The van der Waals surface area contributed by atoms with Gasteiger partial charge in [-0.1, -0.05) is 27.5 Å². The predicted octanol–water partition coefficient (Wildman–Crippen LogP) is 2.94. The molecule has 1 aromatic heterocycles. The molecule has 0 fully saturated rings. The van der Waals surface area contributed by atoms with Gasteiger partial charge in [0.25, 0.3) is 0 Å². The summed E-state index contributed by atoms with van der Waals surface area (Å²) in [6.07, 6.45) is 1.78. The summed E-state index contributed by atoms with van der Waals surface area (Å²) in [5.41, 5.74) is 2.36. The molecule has 1 nitrogen and oxygen atoms in total. The third-order valence-corrected chi connectivity index (χ3v) is 2.14. The molecule has 0 aliphatic heterocycles. The molecular weight excluding hydrogens is 213 g/mol. The second-order valence-corrected chi connectivity index (χ2v) is 3.02. The van der Waals surface area contributed by atoms with Crippen LogP contribution in [-0.4, -0.2) is 4.98 Å². The molecule has 3 heteroatoms. The monoisotopic (exact) mass is 219 g/mol. The Labute approximate surface area is 73.6 Å². The van der Waals surface area contributed by atoms with Gasteiger partial charge in [-0.25, -0.2) is 4.98 Å². The van der Waals surface area contributed by atoms with Crippen LogP contribution in [0, 0.1) is 6.92 Å². The van der Waals surface area contributed by atoms with Crippen LogP contribution in [0.3, 0.4) is 0 Å². The van der Waals surface area contributed by atoms with E-state index in [4.69, 9.17) is 11.6 Å². The second-order valence-electron chi connectivity index (χ2n) is 2.07. The lowest BCUT2D eigenvalue weighted by molar-refractivity contribution is 1.21. The van der Waals surface area contributed by atoms with Gasteiger partial charge in [0, 0.05) is 11.5 Å². The molecule has 0 saturated heterocycles. The maximum absolute atomic E-state index is 5.66. The topological polar surface area (TPSA) is 12.9 Å². The second kappa shape index (κ2) is 3.35. The van der Waals surface area contributed by atoms with Crippen molar-refractivity contribution >= 4 is 27.5 Å². The van der Waals surface area contributed by atoms with Gasteiger partial charge < -0.3 is 0 Å². The summed E-state index contributed by atoms with van der Waals surface area (Å²) >= 11 is 9.02. The first-order valence-corrected chi connectivity index (χ1v) is 4.41. The van der Waals surface area contributed by atoms with Crippen molar-refractivity contribution in [3.8, 4) is 0 Å². The quantitative estimate of drug-likeness (QED) is 0.524. The van der Waals surface area contributed by atoms with E-state index < -0.39 is 0 Å². The Morgan fingerprint density at radius 2 is 2.40 bits per heavy atom. The first-order valence-electron chi connectivity index (χ1n) is 2.91. The average molecular weight is 220 g/mol. The van der Waals surface area contributed by atoms with Crippen molar-refractivity contribution in [1.29, 1.82) is 0 Å². The molecule has 0 aliphatic carbocycles. The van der Waals surface area contributed by atoms with Crippen molar-refractivity contribution < 1.29 is 0 Å². The van der Waals surface area contributed by atoms with Gasteiger partial charge in [0.1, 0.15) is 5.15 Å². The van der Waals surface area contributed by atoms with Gasteiger partial charge in [-0.3, -0.25) is 0 Å². The Hall–Kier alpha value is -0.0800. The molecule has 0 atom stereocenters. The average Bonchev–Trinajstić information content (AvgIpc) is 1.94. The van der Waals surface area contributed by atoms with Crippen molar-refractivity contribution in [2.75, 3.05) is 0 Å². The zero-order valence-corrected chi connectivity index (χ0v) is 7.91. The first-order chi connectivity index (χ1) is 4.74.